The molecule has 6 heteroatoms. The zero-order valence-electron chi connectivity index (χ0n) is 6.54. The zero-order valence-corrected chi connectivity index (χ0v) is 10.5. The van der Waals surface area contributed by atoms with Crippen molar-refractivity contribution in [2.24, 2.45) is 0 Å². The van der Waals surface area contributed by atoms with Crippen molar-refractivity contribution < 1.29 is 68.5 Å². The van der Waals surface area contributed by atoms with Crippen LogP contribution in [-0.2, 0) is 14.6 Å². The molecule has 0 unspecified atom stereocenters. The second-order valence-electron chi connectivity index (χ2n) is 2.60. The molecule has 0 spiro atoms. The van der Waals surface area contributed by atoms with Crippen molar-refractivity contribution >= 4 is 10.4 Å². The normalized spacial score (nSPS) is 12.4. The maximum atomic E-state index is 9.87. The molecule has 0 rings (SSSR count). The van der Waals surface area contributed by atoms with Gasteiger partial charge in [0.15, 0.2) is 0 Å². The molecule has 0 aliphatic heterocycles. The molecule has 0 radical (unpaired) electrons. The van der Waals surface area contributed by atoms with E-state index in [-0.39, 0.29) is 51.4 Å². The summed E-state index contributed by atoms with van der Waals surface area (Å²) in [4.78, 5) is 0. The van der Waals surface area contributed by atoms with Crippen molar-refractivity contribution in [1.29, 1.82) is 0 Å². The standard InChI is InChI=1S/C4H10O4S.K/c1-4(2,3)8-9(5,6)7;/h1-3H3,(H,5,6,7);/q;+1/p-1. The van der Waals surface area contributed by atoms with Gasteiger partial charge in [0.1, 0.15) is 0 Å². The zero-order chi connectivity index (χ0) is 7.71. The van der Waals surface area contributed by atoms with Gasteiger partial charge in [-0.05, 0) is 20.8 Å². The van der Waals surface area contributed by atoms with Gasteiger partial charge in [-0.25, -0.2) is 8.42 Å². The van der Waals surface area contributed by atoms with Gasteiger partial charge in [0.2, 0.25) is 10.4 Å². The van der Waals surface area contributed by atoms with Crippen molar-refractivity contribution in [2.45, 2.75) is 26.4 Å². The summed E-state index contributed by atoms with van der Waals surface area (Å²) in [5, 5.41) is 0. The summed E-state index contributed by atoms with van der Waals surface area (Å²) in [7, 11) is -4.53. The van der Waals surface area contributed by atoms with Crippen LogP contribution in [0.15, 0.2) is 0 Å². The fourth-order valence-corrected chi connectivity index (χ4v) is 0.919. The third kappa shape index (κ3) is 12.2. The Morgan fingerprint density at radius 1 is 1.30 bits per heavy atom. The molecule has 56 valence electrons. The quantitative estimate of drug-likeness (QED) is 0.257. The predicted octanol–water partition coefficient (Wildman–Crippen LogP) is -2.73. The smallest absolute Gasteiger partial charge is 0.726 e. The maximum absolute atomic E-state index is 9.87. The third-order valence-electron chi connectivity index (χ3n) is 0.352. The molecule has 0 heterocycles. The van der Waals surface area contributed by atoms with Gasteiger partial charge in [0.25, 0.3) is 0 Å². The van der Waals surface area contributed by atoms with E-state index in [0.29, 0.717) is 0 Å². The van der Waals surface area contributed by atoms with Crippen LogP contribution < -0.4 is 51.4 Å². The largest absolute Gasteiger partial charge is 1.00 e. The average Bonchev–Trinajstić information content (AvgIpc) is 1.14. The minimum Gasteiger partial charge on any atom is -0.726 e. The van der Waals surface area contributed by atoms with Gasteiger partial charge in [-0.15, -0.1) is 0 Å². The van der Waals surface area contributed by atoms with E-state index in [9.17, 15) is 13.0 Å². The van der Waals surface area contributed by atoms with Crippen LogP contribution >= 0.6 is 0 Å². The van der Waals surface area contributed by atoms with Crippen LogP contribution in [0.25, 0.3) is 0 Å². The molecule has 0 N–H and O–H groups in total. The van der Waals surface area contributed by atoms with Crippen LogP contribution in [0.1, 0.15) is 20.8 Å². The molecular weight excluding hydrogens is 183 g/mol. The molecule has 0 bridgehead atoms. The van der Waals surface area contributed by atoms with Crippen LogP contribution in [0, 0.1) is 0 Å². The molecule has 0 atom stereocenters. The van der Waals surface area contributed by atoms with Gasteiger partial charge in [-0.2, -0.15) is 0 Å². The van der Waals surface area contributed by atoms with Crippen molar-refractivity contribution in [2.75, 3.05) is 0 Å². The van der Waals surface area contributed by atoms with Crippen LogP contribution in [0.5, 0.6) is 0 Å². The molecule has 0 aromatic carbocycles. The molecule has 10 heavy (non-hydrogen) atoms. The maximum Gasteiger partial charge on any atom is 1.00 e. The molecule has 0 fully saturated rings. The average molecular weight is 192 g/mol. The first-order chi connectivity index (χ1) is 3.71. The van der Waals surface area contributed by atoms with E-state index in [1.807, 2.05) is 0 Å². The Balaban J connectivity index is 0. The van der Waals surface area contributed by atoms with E-state index in [2.05, 4.69) is 4.18 Å². The van der Waals surface area contributed by atoms with E-state index >= 15 is 0 Å². The van der Waals surface area contributed by atoms with E-state index in [4.69, 9.17) is 0 Å². The molecule has 4 nitrogen and oxygen atoms in total. The Morgan fingerprint density at radius 2 is 1.60 bits per heavy atom. The van der Waals surface area contributed by atoms with Crippen molar-refractivity contribution in [3.05, 3.63) is 0 Å². The molecule has 0 aliphatic carbocycles. The van der Waals surface area contributed by atoms with Gasteiger partial charge in [0.05, 0.1) is 5.60 Å². The summed E-state index contributed by atoms with van der Waals surface area (Å²) in [6.45, 7) is 4.47. The van der Waals surface area contributed by atoms with Crippen LogP contribution in [0.4, 0.5) is 0 Å². The number of hydrogen-bond donors (Lipinski definition) is 0. The van der Waals surface area contributed by atoms with Crippen LogP contribution in [-0.4, -0.2) is 18.6 Å². The third-order valence-corrected chi connectivity index (χ3v) is 1.06. The minimum absolute atomic E-state index is 0. The summed E-state index contributed by atoms with van der Waals surface area (Å²) in [6.07, 6.45) is 0. The summed E-state index contributed by atoms with van der Waals surface area (Å²) in [5.74, 6) is 0. The molecule has 0 aromatic heterocycles. The van der Waals surface area contributed by atoms with Crippen LogP contribution in [0.3, 0.4) is 0 Å². The molecule has 0 aromatic rings. The topological polar surface area (TPSA) is 66.4 Å². The van der Waals surface area contributed by atoms with Gasteiger partial charge >= 0.3 is 51.4 Å². The number of hydrogen-bond acceptors (Lipinski definition) is 4. The molecule has 0 saturated heterocycles. The predicted molar refractivity (Wildman–Crippen MR) is 30.5 cm³/mol. The number of rotatable bonds is 1. The Kier molecular flexibility index (Phi) is 6.34. The van der Waals surface area contributed by atoms with Gasteiger partial charge in [0, 0.05) is 0 Å². The second kappa shape index (κ2) is 4.51. The van der Waals surface area contributed by atoms with Gasteiger partial charge in [-0.1, -0.05) is 0 Å². The van der Waals surface area contributed by atoms with E-state index < -0.39 is 16.0 Å². The Hall–Kier alpha value is 1.51. The Bertz CT molecular complexity index is 178. The Labute approximate surface area is 104 Å². The van der Waals surface area contributed by atoms with Gasteiger partial charge < -0.3 is 4.55 Å². The van der Waals surface area contributed by atoms with Crippen molar-refractivity contribution in [1.82, 2.24) is 0 Å². The molecule has 0 saturated carbocycles. The first kappa shape index (κ1) is 14.1. The summed E-state index contributed by atoms with van der Waals surface area (Å²) in [5.41, 5.74) is -0.916. The first-order valence-corrected chi connectivity index (χ1v) is 3.70. The fourth-order valence-electron chi connectivity index (χ4n) is 0.306. The summed E-state index contributed by atoms with van der Waals surface area (Å²) in [6, 6.07) is 0. The Morgan fingerprint density at radius 3 is 1.60 bits per heavy atom. The summed E-state index contributed by atoms with van der Waals surface area (Å²) >= 11 is 0. The van der Waals surface area contributed by atoms with Crippen molar-refractivity contribution in [3.63, 3.8) is 0 Å². The second-order valence-corrected chi connectivity index (χ2v) is 3.59. The SMILES string of the molecule is CC(C)(C)OS(=O)(=O)[O-].[K+]. The fraction of sp³-hybridized carbons (Fsp3) is 1.00. The van der Waals surface area contributed by atoms with Crippen LogP contribution in [0.2, 0.25) is 0 Å². The van der Waals surface area contributed by atoms with E-state index in [1.165, 1.54) is 20.8 Å². The van der Waals surface area contributed by atoms with E-state index in [0.717, 1.165) is 0 Å². The van der Waals surface area contributed by atoms with E-state index in [1.54, 1.807) is 0 Å². The van der Waals surface area contributed by atoms with Gasteiger partial charge in [-0.3, -0.25) is 4.18 Å². The molecular formula is C4H9KO4S. The molecule has 0 amide bonds. The monoisotopic (exact) mass is 192 g/mol. The van der Waals surface area contributed by atoms with Crippen molar-refractivity contribution in [3.8, 4) is 0 Å². The summed E-state index contributed by atoms with van der Waals surface area (Å²) < 4.78 is 33.6. The molecule has 0 aliphatic rings. The first-order valence-electron chi connectivity index (χ1n) is 2.37. The minimum atomic E-state index is -4.53.